The van der Waals surface area contributed by atoms with Crippen molar-refractivity contribution < 1.29 is 4.74 Å². The van der Waals surface area contributed by atoms with Gasteiger partial charge in [-0.25, -0.2) is 0 Å². The van der Waals surface area contributed by atoms with E-state index in [1.54, 1.807) is 0 Å². The molecule has 0 bridgehead atoms. The van der Waals surface area contributed by atoms with E-state index in [0.717, 1.165) is 17.4 Å². The number of benzene rings is 1. The number of rotatable bonds is 6. The molecule has 1 saturated heterocycles. The first-order chi connectivity index (χ1) is 9.74. The van der Waals surface area contributed by atoms with Crippen LogP contribution in [0.5, 0.6) is 5.75 Å². The summed E-state index contributed by atoms with van der Waals surface area (Å²) in [6.45, 7) is 10.9. The van der Waals surface area contributed by atoms with Crippen LogP contribution in [0.4, 0.5) is 5.69 Å². The van der Waals surface area contributed by atoms with Crippen LogP contribution in [0.2, 0.25) is 0 Å². The van der Waals surface area contributed by atoms with Crippen molar-refractivity contribution in [2.24, 2.45) is 5.92 Å². The number of ether oxygens (including phenoxy) is 1. The predicted molar refractivity (Wildman–Crippen MR) is 85.5 cm³/mol. The Hall–Kier alpha value is -1.22. The zero-order valence-corrected chi connectivity index (χ0v) is 13.1. The van der Waals surface area contributed by atoms with Crippen molar-refractivity contribution in [2.45, 2.75) is 39.7 Å². The SMILES string of the molecule is CCOc1ccccc1NC(C)C1CCN(CC)CC1. The smallest absolute Gasteiger partial charge is 0.142 e. The average Bonchev–Trinajstić information content (AvgIpc) is 2.49. The van der Waals surface area contributed by atoms with Gasteiger partial charge in [0.15, 0.2) is 0 Å². The number of nitrogens with zero attached hydrogens (tertiary/aromatic N) is 1. The Bertz CT molecular complexity index is 400. The monoisotopic (exact) mass is 276 g/mol. The van der Waals surface area contributed by atoms with E-state index in [0.29, 0.717) is 12.6 Å². The van der Waals surface area contributed by atoms with Crippen LogP contribution in [0.25, 0.3) is 0 Å². The number of piperidine rings is 1. The second kappa shape index (κ2) is 7.53. The van der Waals surface area contributed by atoms with Gasteiger partial charge in [0, 0.05) is 6.04 Å². The molecule has 0 saturated carbocycles. The van der Waals surface area contributed by atoms with Crippen molar-refractivity contribution in [3.05, 3.63) is 24.3 Å². The molecule has 1 aromatic rings. The molecule has 1 unspecified atom stereocenters. The molecular formula is C17H28N2O. The molecule has 20 heavy (non-hydrogen) atoms. The van der Waals surface area contributed by atoms with Gasteiger partial charge in [0.25, 0.3) is 0 Å². The number of para-hydroxylation sites is 2. The van der Waals surface area contributed by atoms with Crippen molar-refractivity contribution in [2.75, 3.05) is 31.6 Å². The molecule has 1 fully saturated rings. The van der Waals surface area contributed by atoms with Gasteiger partial charge in [0.1, 0.15) is 5.75 Å². The van der Waals surface area contributed by atoms with E-state index in [1.165, 1.54) is 32.5 Å². The summed E-state index contributed by atoms with van der Waals surface area (Å²) < 4.78 is 5.69. The molecule has 1 N–H and O–H groups in total. The Labute approximate surface area is 123 Å². The molecular weight excluding hydrogens is 248 g/mol. The highest BCUT2D eigenvalue weighted by Gasteiger charge is 2.23. The Kier molecular flexibility index (Phi) is 5.72. The highest BCUT2D eigenvalue weighted by molar-refractivity contribution is 5.56. The van der Waals surface area contributed by atoms with E-state index in [9.17, 15) is 0 Å². The summed E-state index contributed by atoms with van der Waals surface area (Å²) in [6.07, 6.45) is 2.58. The summed E-state index contributed by atoms with van der Waals surface area (Å²) in [5.74, 6) is 1.72. The fraction of sp³-hybridized carbons (Fsp3) is 0.647. The molecule has 3 nitrogen and oxygen atoms in total. The molecule has 1 aromatic carbocycles. The van der Waals surface area contributed by atoms with Gasteiger partial charge in [-0.05, 0) is 64.4 Å². The van der Waals surface area contributed by atoms with Crippen LogP contribution in [-0.4, -0.2) is 37.2 Å². The number of hydrogen-bond acceptors (Lipinski definition) is 3. The van der Waals surface area contributed by atoms with Gasteiger partial charge in [-0.2, -0.15) is 0 Å². The molecule has 3 heteroatoms. The molecule has 1 atom stereocenters. The molecule has 1 aliphatic heterocycles. The van der Waals surface area contributed by atoms with E-state index in [2.05, 4.69) is 36.2 Å². The summed E-state index contributed by atoms with van der Waals surface area (Å²) in [4.78, 5) is 2.54. The zero-order valence-electron chi connectivity index (χ0n) is 13.1. The van der Waals surface area contributed by atoms with E-state index < -0.39 is 0 Å². The topological polar surface area (TPSA) is 24.5 Å². The minimum Gasteiger partial charge on any atom is -0.492 e. The number of anilines is 1. The Morgan fingerprint density at radius 3 is 2.60 bits per heavy atom. The van der Waals surface area contributed by atoms with Crippen molar-refractivity contribution in [1.82, 2.24) is 4.90 Å². The Morgan fingerprint density at radius 1 is 1.25 bits per heavy atom. The molecule has 1 aliphatic rings. The van der Waals surface area contributed by atoms with E-state index in [-0.39, 0.29) is 0 Å². The van der Waals surface area contributed by atoms with Crippen LogP contribution in [-0.2, 0) is 0 Å². The lowest BCUT2D eigenvalue weighted by atomic mass is 9.90. The average molecular weight is 276 g/mol. The summed E-state index contributed by atoms with van der Waals surface area (Å²) in [5, 5.41) is 3.65. The van der Waals surface area contributed by atoms with Gasteiger partial charge in [0.05, 0.1) is 12.3 Å². The third-order valence-electron chi connectivity index (χ3n) is 4.36. The lowest BCUT2D eigenvalue weighted by Gasteiger charge is -2.35. The van der Waals surface area contributed by atoms with Crippen LogP contribution < -0.4 is 10.1 Å². The van der Waals surface area contributed by atoms with Gasteiger partial charge in [0.2, 0.25) is 0 Å². The summed E-state index contributed by atoms with van der Waals surface area (Å²) in [5.41, 5.74) is 1.12. The maximum atomic E-state index is 5.69. The third kappa shape index (κ3) is 3.89. The van der Waals surface area contributed by atoms with Gasteiger partial charge in [-0.1, -0.05) is 19.1 Å². The molecule has 112 valence electrons. The lowest BCUT2D eigenvalue weighted by molar-refractivity contribution is 0.183. The number of nitrogens with one attached hydrogen (secondary N) is 1. The second-order valence-electron chi connectivity index (χ2n) is 5.63. The summed E-state index contributed by atoms with van der Waals surface area (Å²) >= 11 is 0. The highest BCUT2D eigenvalue weighted by atomic mass is 16.5. The Balaban J connectivity index is 1.93. The first kappa shape index (κ1) is 15.2. The number of likely N-dealkylation sites (tertiary alicyclic amines) is 1. The van der Waals surface area contributed by atoms with Crippen molar-refractivity contribution >= 4 is 5.69 Å². The van der Waals surface area contributed by atoms with Crippen LogP contribution in [0.15, 0.2) is 24.3 Å². The quantitative estimate of drug-likeness (QED) is 0.859. The fourth-order valence-electron chi connectivity index (χ4n) is 3.00. The predicted octanol–water partition coefficient (Wildman–Crippen LogP) is 3.62. The van der Waals surface area contributed by atoms with Gasteiger partial charge in [-0.15, -0.1) is 0 Å². The highest BCUT2D eigenvalue weighted by Crippen LogP contribution is 2.28. The van der Waals surface area contributed by atoms with Crippen molar-refractivity contribution in [3.8, 4) is 5.75 Å². The van der Waals surface area contributed by atoms with E-state index in [1.807, 2.05) is 19.1 Å². The van der Waals surface area contributed by atoms with E-state index in [4.69, 9.17) is 4.74 Å². The normalized spacial score (nSPS) is 18.8. The van der Waals surface area contributed by atoms with Crippen LogP contribution in [0.1, 0.15) is 33.6 Å². The van der Waals surface area contributed by atoms with Gasteiger partial charge >= 0.3 is 0 Å². The standard InChI is InChI=1S/C17H28N2O/c1-4-19-12-10-15(11-13-19)14(3)18-16-8-6-7-9-17(16)20-5-2/h6-9,14-15,18H,4-5,10-13H2,1-3H3. The van der Waals surface area contributed by atoms with Gasteiger partial charge in [-0.3, -0.25) is 0 Å². The van der Waals surface area contributed by atoms with Crippen LogP contribution in [0, 0.1) is 5.92 Å². The molecule has 0 spiro atoms. The maximum Gasteiger partial charge on any atom is 0.142 e. The van der Waals surface area contributed by atoms with Crippen molar-refractivity contribution in [1.29, 1.82) is 0 Å². The van der Waals surface area contributed by atoms with E-state index >= 15 is 0 Å². The third-order valence-corrected chi connectivity index (χ3v) is 4.36. The molecule has 0 aliphatic carbocycles. The fourth-order valence-corrected chi connectivity index (χ4v) is 3.00. The minimum absolute atomic E-state index is 0.496. The summed E-state index contributed by atoms with van der Waals surface area (Å²) in [6, 6.07) is 8.74. The van der Waals surface area contributed by atoms with Crippen LogP contribution in [0.3, 0.4) is 0 Å². The number of hydrogen-bond donors (Lipinski definition) is 1. The molecule has 0 radical (unpaired) electrons. The summed E-state index contributed by atoms with van der Waals surface area (Å²) in [7, 11) is 0. The lowest BCUT2D eigenvalue weighted by Crippen LogP contribution is -2.39. The second-order valence-corrected chi connectivity index (χ2v) is 5.63. The minimum atomic E-state index is 0.496. The first-order valence-electron chi connectivity index (χ1n) is 7.95. The maximum absolute atomic E-state index is 5.69. The molecule has 2 rings (SSSR count). The van der Waals surface area contributed by atoms with Crippen molar-refractivity contribution in [3.63, 3.8) is 0 Å². The zero-order chi connectivity index (χ0) is 14.4. The first-order valence-corrected chi connectivity index (χ1v) is 7.95. The van der Waals surface area contributed by atoms with Crippen LogP contribution >= 0.6 is 0 Å². The largest absolute Gasteiger partial charge is 0.492 e. The Morgan fingerprint density at radius 2 is 1.95 bits per heavy atom. The molecule has 0 amide bonds. The molecule has 0 aromatic heterocycles. The molecule has 1 heterocycles. The van der Waals surface area contributed by atoms with Gasteiger partial charge < -0.3 is 15.0 Å².